The van der Waals surface area contributed by atoms with Crippen molar-refractivity contribution in [3.05, 3.63) is 140 Å². The molecule has 0 unspecified atom stereocenters. The minimum atomic E-state index is -0.00924. The third-order valence-corrected chi connectivity index (χ3v) is 12.1. The van der Waals surface area contributed by atoms with Gasteiger partial charge in [-0.3, -0.25) is 0 Å². The predicted molar refractivity (Wildman–Crippen MR) is 201 cm³/mol. The van der Waals surface area contributed by atoms with Gasteiger partial charge < -0.3 is 9.47 Å². The molecule has 0 saturated heterocycles. The number of hydrogen-bond acceptors (Lipinski definition) is 4. The molecule has 0 aliphatic carbocycles. The van der Waals surface area contributed by atoms with Gasteiger partial charge in [0.25, 0.3) is 6.71 Å². The van der Waals surface area contributed by atoms with Crippen molar-refractivity contribution in [1.29, 1.82) is 0 Å². The average Bonchev–Trinajstić information content (AvgIpc) is 3.69. The van der Waals surface area contributed by atoms with Gasteiger partial charge in [-0.25, -0.2) is 0 Å². The fourth-order valence-corrected chi connectivity index (χ4v) is 9.78. The Morgan fingerprint density at radius 1 is 0.362 bits per heavy atom. The first-order valence-corrected chi connectivity index (χ1v) is 17.5. The SMILES string of the molecule is c1cc2c3c(c1)Oc1ccc(-c4ccc5sc6ccccc6c5c4)cc1B3c1cc(-c3ccc4sc5ccccc5c4c3)ccc1O2. The summed E-state index contributed by atoms with van der Waals surface area (Å²) < 4.78 is 18.4. The van der Waals surface area contributed by atoms with Crippen LogP contribution < -0.4 is 25.9 Å². The van der Waals surface area contributed by atoms with Crippen molar-refractivity contribution in [3.8, 4) is 45.3 Å². The predicted octanol–water partition coefficient (Wildman–Crippen LogP) is 10.5. The van der Waals surface area contributed by atoms with E-state index in [1.54, 1.807) is 0 Å². The van der Waals surface area contributed by atoms with Crippen LogP contribution in [0.3, 0.4) is 0 Å². The number of benzene rings is 7. The van der Waals surface area contributed by atoms with Crippen molar-refractivity contribution < 1.29 is 9.47 Å². The molecule has 2 aliphatic heterocycles. The summed E-state index contributed by atoms with van der Waals surface area (Å²) in [6.07, 6.45) is 0. The van der Waals surface area contributed by atoms with Crippen LogP contribution in [0.4, 0.5) is 0 Å². The molecule has 0 fully saturated rings. The molecule has 0 saturated carbocycles. The zero-order valence-corrected chi connectivity index (χ0v) is 26.6. The van der Waals surface area contributed by atoms with Gasteiger partial charge in [-0.15, -0.1) is 22.7 Å². The molecule has 218 valence electrons. The molecule has 0 radical (unpaired) electrons. The highest BCUT2D eigenvalue weighted by molar-refractivity contribution is 7.26. The first kappa shape index (κ1) is 25.8. The zero-order chi connectivity index (χ0) is 30.6. The van der Waals surface area contributed by atoms with E-state index < -0.39 is 0 Å². The van der Waals surface area contributed by atoms with E-state index in [4.69, 9.17) is 9.47 Å². The normalized spacial score (nSPS) is 13.0. The average molecular weight is 635 g/mol. The van der Waals surface area contributed by atoms with Gasteiger partial charge in [-0.1, -0.05) is 78.9 Å². The molecule has 7 aromatic carbocycles. The van der Waals surface area contributed by atoms with Crippen molar-refractivity contribution in [2.24, 2.45) is 0 Å². The maximum atomic E-state index is 6.56. The smallest absolute Gasteiger partial charge is 0.260 e. The maximum absolute atomic E-state index is 6.56. The largest absolute Gasteiger partial charge is 0.458 e. The van der Waals surface area contributed by atoms with Gasteiger partial charge in [0.2, 0.25) is 0 Å². The van der Waals surface area contributed by atoms with Gasteiger partial charge in [0.15, 0.2) is 0 Å². The van der Waals surface area contributed by atoms with Crippen molar-refractivity contribution >= 4 is 86.1 Å². The highest BCUT2D eigenvalue weighted by atomic mass is 32.1. The van der Waals surface area contributed by atoms with Crippen LogP contribution in [0, 0.1) is 0 Å². The summed E-state index contributed by atoms with van der Waals surface area (Å²) in [5.74, 6) is 3.52. The summed E-state index contributed by atoms with van der Waals surface area (Å²) in [4.78, 5) is 0. The molecule has 5 heteroatoms. The van der Waals surface area contributed by atoms with E-state index in [1.807, 2.05) is 28.7 Å². The van der Waals surface area contributed by atoms with Crippen LogP contribution in [0.2, 0.25) is 0 Å². The van der Waals surface area contributed by atoms with E-state index in [1.165, 1.54) is 73.5 Å². The van der Waals surface area contributed by atoms with Gasteiger partial charge in [0.05, 0.1) is 0 Å². The van der Waals surface area contributed by atoms with Crippen LogP contribution in [0.5, 0.6) is 23.0 Å². The molecule has 9 aromatic rings. The van der Waals surface area contributed by atoms with Crippen LogP contribution in [0.1, 0.15) is 0 Å². The first-order valence-electron chi connectivity index (χ1n) is 15.8. The number of hydrogen-bond donors (Lipinski definition) is 0. The van der Waals surface area contributed by atoms with Crippen molar-refractivity contribution in [2.75, 3.05) is 0 Å². The second kappa shape index (κ2) is 9.58. The van der Waals surface area contributed by atoms with E-state index in [0.717, 1.165) is 28.5 Å². The fourth-order valence-electron chi connectivity index (χ4n) is 7.61. The van der Waals surface area contributed by atoms with Crippen LogP contribution in [0.15, 0.2) is 140 Å². The summed E-state index contributed by atoms with van der Waals surface area (Å²) in [5, 5.41) is 5.24. The number of ether oxygens (including phenoxy) is 2. The lowest BCUT2D eigenvalue weighted by Crippen LogP contribution is -2.57. The standard InChI is InChI=1S/C42H23BO2S2/c1-3-10-38-28(6-1)30-20-24(14-18-40(30)46-38)26-12-16-34-32(22-26)43-33-23-27(13-17-35(33)45-37-9-5-8-36(44-34)42(37)43)25-15-19-41-31(21-25)29-7-2-4-11-39(29)47-41/h1-23H. The van der Waals surface area contributed by atoms with Gasteiger partial charge >= 0.3 is 0 Å². The summed E-state index contributed by atoms with van der Waals surface area (Å²) in [7, 11) is 0. The molecule has 2 nitrogen and oxygen atoms in total. The van der Waals surface area contributed by atoms with Crippen LogP contribution >= 0.6 is 22.7 Å². The Hall–Kier alpha value is -5.36. The monoisotopic (exact) mass is 634 g/mol. The quantitative estimate of drug-likeness (QED) is 0.176. The number of fused-ring (bicyclic) bond motifs is 10. The Morgan fingerprint density at radius 3 is 1.34 bits per heavy atom. The maximum Gasteiger partial charge on any atom is 0.260 e. The second-order valence-electron chi connectivity index (χ2n) is 12.4. The summed E-state index contributed by atoms with van der Waals surface area (Å²) >= 11 is 3.71. The molecular formula is C42H23BO2S2. The molecule has 0 N–H and O–H groups in total. The lowest BCUT2D eigenvalue weighted by atomic mass is 9.34. The highest BCUT2D eigenvalue weighted by Crippen LogP contribution is 2.40. The third-order valence-electron chi connectivity index (χ3n) is 9.82. The Balaban J connectivity index is 1.08. The highest BCUT2D eigenvalue weighted by Gasteiger charge is 2.40. The lowest BCUT2D eigenvalue weighted by Gasteiger charge is -2.33. The Kier molecular flexibility index (Phi) is 5.26. The van der Waals surface area contributed by atoms with Crippen molar-refractivity contribution in [2.45, 2.75) is 0 Å². The number of thiophene rings is 2. The van der Waals surface area contributed by atoms with E-state index in [9.17, 15) is 0 Å². The molecule has 0 spiro atoms. The van der Waals surface area contributed by atoms with Gasteiger partial charge in [-0.2, -0.15) is 0 Å². The van der Waals surface area contributed by atoms with E-state index in [-0.39, 0.29) is 6.71 Å². The van der Waals surface area contributed by atoms with Gasteiger partial charge in [0.1, 0.15) is 23.0 Å². The minimum Gasteiger partial charge on any atom is -0.458 e. The Morgan fingerprint density at radius 2 is 0.809 bits per heavy atom. The molecule has 0 atom stereocenters. The summed E-state index contributed by atoms with van der Waals surface area (Å²) in [6, 6.07) is 50.6. The molecule has 11 rings (SSSR count). The van der Waals surface area contributed by atoms with Gasteiger partial charge in [0, 0.05) is 45.8 Å². The molecule has 0 amide bonds. The molecule has 2 aliphatic rings. The molecule has 0 bridgehead atoms. The topological polar surface area (TPSA) is 18.5 Å². The van der Waals surface area contributed by atoms with Gasteiger partial charge in [-0.05, 0) is 93.8 Å². The fraction of sp³-hybridized carbons (Fsp3) is 0. The minimum absolute atomic E-state index is 0.00924. The third kappa shape index (κ3) is 3.78. The van der Waals surface area contributed by atoms with Crippen molar-refractivity contribution in [3.63, 3.8) is 0 Å². The van der Waals surface area contributed by atoms with Crippen LogP contribution in [0.25, 0.3) is 62.6 Å². The zero-order valence-electron chi connectivity index (χ0n) is 25.0. The van der Waals surface area contributed by atoms with E-state index >= 15 is 0 Å². The molecular weight excluding hydrogens is 611 g/mol. The van der Waals surface area contributed by atoms with Crippen LogP contribution in [-0.4, -0.2) is 6.71 Å². The molecule has 2 aromatic heterocycles. The Labute approximate surface area is 279 Å². The Bertz CT molecular complexity index is 2590. The summed E-state index contributed by atoms with van der Waals surface area (Å²) in [5.41, 5.74) is 8.21. The molecule has 4 heterocycles. The second-order valence-corrected chi connectivity index (χ2v) is 14.6. The van der Waals surface area contributed by atoms with Crippen molar-refractivity contribution in [1.82, 2.24) is 0 Å². The molecule has 47 heavy (non-hydrogen) atoms. The number of rotatable bonds is 2. The summed E-state index contributed by atoms with van der Waals surface area (Å²) in [6.45, 7) is -0.00924. The first-order chi connectivity index (χ1) is 23.2. The van der Waals surface area contributed by atoms with E-state index in [2.05, 4.69) is 133 Å². The lowest BCUT2D eigenvalue weighted by molar-refractivity contribution is 0.464. The van der Waals surface area contributed by atoms with E-state index in [0.29, 0.717) is 0 Å². The van der Waals surface area contributed by atoms with Crippen LogP contribution in [-0.2, 0) is 0 Å².